The number of ether oxygens (including phenoxy) is 2. The van der Waals surface area contributed by atoms with Gasteiger partial charge in [0.25, 0.3) is 0 Å². The second kappa shape index (κ2) is 7.77. The van der Waals surface area contributed by atoms with E-state index in [-0.39, 0.29) is 0 Å². The Balaban J connectivity index is 0.000000146. The van der Waals surface area contributed by atoms with E-state index in [9.17, 15) is 0 Å². The Labute approximate surface area is 172 Å². The number of nitrogens with zero attached hydrogens (tertiary/aromatic N) is 3. The molecule has 2 heterocycles. The largest absolute Gasteiger partial charge is 0.497 e. The number of hydrogen-bond acceptors (Lipinski definition) is 4. The monoisotopic (exact) mass is 562 g/mol. The molecule has 0 aliphatic heterocycles. The third kappa shape index (κ3) is 3.84. The Hall–Kier alpha value is -1.56. The number of benzene rings is 2. The van der Waals surface area contributed by atoms with Gasteiger partial charge in [0.2, 0.25) is 0 Å². The molecule has 130 valence electrons. The summed E-state index contributed by atoms with van der Waals surface area (Å²) in [6, 6.07) is 11.8. The van der Waals surface area contributed by atoms with E-state index < -0.39 is 0 Å². The average molecular weight is 562 g/mol. The SMILES string of the molecule is COc1ccc2c(c1)c(I)nn2C.COc1ccc2n[nH]c(I)c2c1. The lowest BCUT2D eigenvalue weighted by molar-refractivity contribution is 0.415. The highest BCUT2D eigenvalue weighted by Crippen LogP contribution is 2.24. The number of nitrogens with one attached hydrogen (secondary N) is 1. The number of hydrogen-bond donors (Lipinski definition) is 1. The summed E-state index contributed by atoms with van der Waals surface area (Å²) < 4.78 is 14.2. The van der Waals surface area contributed by atoms with E-state index in [2.05, 4.69) is 60.5 Å². The summed E-state index contributed by atoms with van der Waals surface area (Å²) in [5.74, 6) is 1.74. The molecule has 0 aliphatic carbocycles. The highest BCUT2D eigenvalue weighted by Gasteiger charge is 2.06. The first-order valence-electron chi connectivity index (χ1n) is 7.37. The van der Waals surface area contributed by atoms with E-state index in [0.717, 1.165) is 40.7 Å². The van der Waals surface area contributed by atoms with Crippen molar-refractivity contribution in [2.75, 3.05) is 14.2 Å². The standard InChI is InChI=1S/C9H9IN2O.C8H7IN2O/c1-12-8-4-3-6(13-2)5-7(8)9(10)11-12;1-12-5-2-3-7-6(4-5)8(9)11-10-7/h3-5H,1-2H3;2-4H,1H3,(H,10,11). The molecule has 0 atom stereocenters. The normalized spacial score (nSPS) is 10.6. The second-order valence-electron chi connectivity index (χ2n) is 5.22. The molecule has 4 aromatic rings. The zero-order chi connectivity index (χ0) is 18.0. The quantitative estimate of drug-likeness (QED) is 0.369. The minimum Gasteiger partial charge on any atom is -0.497 e. The zero-order valence-electron chi connectivity index (χ0n) is 13.9. The number of H-pyrrole nitrogens is 1. The molecule has 0 fully saturated rings. The van der Waals surface area contributed by atoms with E-state index in [4.69, 9.17) is 9.47 Å². The third-order valence-electron chi connectivity index (χ3n) is 3.73. The number of aromatic nitrogens is 4. The van der Waals surface area contributed by atoms with Crippen molar-refractivity contribution in [1.82, 2.24) is 20.0 Å². The Morgan fingerprint density at radius 1 is 0.960 bits per heavy atom. The summed E-state index contributed by atoms with van der Waals surface area (Å²) in [7, 11) is 5.27. The van der Waals surface area contributed by atoms with E-state index >= 15 is 0 Å². The van der Waals surface area contributed by atoms with Crippen LogP contribution in [0.25, 0.3) is 21.8 Å². The number of fused-ring (bicyclic) bond motifs is 2. The predicted molar refractivity (Wildman–Crippen MR) is 115 cm³/mol. The van der Waals surface area contributed by atoms with Crippen molar-refractivity contribution in [3.63, 3.8) is 0 Å². The van der Waals surface area contributed by atoms with E-state index in [1.165, 1.54) is 0 Å². The Bertz CT molecular complexity index is 1030. The lowest BCUT2D eigenvalue weighted by atomic mass is 10.2. The summed E-state index contributed by atoms with van der Waals surface area (Å²) in [4.78, 5) is 0. The summed E-state index contributed by atoms with van der Waals surface area (Å²) in [6.07, 6.45) is 0. The molecule has 8 heteroatoms. The highest BCUT2D eigenvalue weighted by atomic mass is 127. The molecule has 2 aromatic carbocycles. The maximum absolute atomic E-state index is 5.15. The number of aromatic amines is 1. The molecular formula is C17H16I2N4O2. The van der Waals surface area contributed by atoms with Gasteiger partial charge in [0.15, 0.2) is 0 Å². The van der Waals surface area contributed by atoms with Gasteiger partial charge < -0.3 is 9.47 Å². The first kappa shape index (κ1) is 18.2. The fourth-order valence-corrected chi connectivity index (χ4v) is 3.72. The van der Waals surface area contributed by atoms with Gasteiger partial charge >= 0.3 is 0 Å². The first-order valence-corrected chi connectivity index (χ1v) is 9.53. The Kier molecular flexibility index (Phi) is 5.67. The van der Waals surface area contributed by atoms with Crippen molar-refractivity contribution in [3.8, 4) is 11.5 Å². The smallest absolute Gasteiger partial charge is 0.131 e. The maximum atomic E-state index is 5.15. The molecule has 1 N–H and O–H groups in total. The molecule has 0 radical (unpaired) electrons. The van der Waals surface area contributed by atoms with Crippen molar-refractivity contribution in [2.45, 2.75) is 0 Å². The topological polar surface area (TPSA) is 65.0 Å². The van der Waals surface area contributed by atoms with Crippen LogP contribution in [-0.4, -0.2) is 34.2 Å². The minimum atomic E-state index is 0.863. The van der Waals surface area contributed by atoms with Gasteiger partial charge in [0, 0.05) is 17.8 Å². The molecule has 0 spiro atoms. The molecule has 0 saturated heterocycles. The molecule has 6 nitrogen and oxygen atoms in total. The second-order valence-corrected chi connectivity index (χ2v) is 7.32. The first-order chi connectivity index (χ1) is 12.0. The number of methoxy groups -OCH3 is 2. The third-order valence-corrected chi connectivity index (χ3v) is 5.35. The van der Waals surface area contributed by atoms with Gasteiger partial charge in [-0.15, -0.1) is 0 Å². The zero-order valence-corrected chi connectivity index (χ0v) is 18.2. The van der Waals surface area contributed by atoms with Gasteiger partial charge in [0.1, 0.15) is 18.9 Å². The van der Waals surface area contributed by atoms with Crippen molar-refractivity contribution in [2.24, 2.45) is 7.05 Å². The summed E-state index contributed by atoms with van der Waals surface area (Å²) in [5, 5.41) is 13.6. The van der Waals surface area contributed by atoms with Crippen LogP contribution in [0, 0.1) is 7.40 Å². The fourth-order valence-electron chi connectivity index (χ4n) is 2.41. The molecule has 0 bridgehead atoms. The average Bonchev–Trinajstić information content (AvgIpc) is 3.15. The lowest BCUT2D eigenvalue weighted by Crippen LogP contribution is -1.89. The molecule has 0 aliphatic rings. The molecule has 4 rings (SSSR count). The van der Waals surface area contributed by atoms with Crippen molar-refractivity contribution in [1.29, 1.82) is 0 Å². The molecule has 0 unspecified atom stereocenters. The molecule has 25 heavy (non-hydrogen) atoms. The van der Waals surface area contributed by atoms with Gasteiger partial charge in [0.05, 0.1) is 25.3 Å². The van der Waals surface area contributed by atoms with Crippen LogP contribution in [0.2, 0.25) is 0 Å². The van der Waals surface area contributed by atoms with Gasteiger partial charge in [-0.1, -0.05) is 0 Å². The number of aryl methyl sites for hydroxylation is 1. The van der Waals surface area contributed by atoms with Gasteiger partial charge in [-0.05, 0) is 81.6 Å². The van der Waals surface area contributed by atoms with E-state index in [0.29, 0.717) is 0 Å². The van der Waals surface area contributed by atoms with E-state index in [1.807, 2.05) is 48.1 Å². The van der Waals surface area contributed by atoms with Crippen LogP contribution in [0.3, 0.4) is 0 Å². The molecule has 0 amide bonds. The van der Waals surface area contributed by atoms with Gasteiger partial charge in [-0.25, -0.2) is 0 Å². The summed E-state index contributed by atoms with van der Waals surface area (Å²) in [5.41, 5.74) is 2.10. The van der Waals surface area contributed by atoms with Crippen LogP contribution in [0.4, 0.5) is 0 Å². The Morgan fingerprint density at radius 2 is 1.60 bits per heavy atom. The molecular weight excluding hydrogens is 546 g/mol. The Morgan fingerprint density at radius 3 is 2.28 bits per heavy atom. The highest BCUT2D eigenvalue weighted by molar-refractivity contribution is 14.1. The van der Waals surface area contributed by atoms with Crippen molar-refractivity contribution < 1.29 is 9.47 Å². The van der Waals surface area contributed by atoms with Gasteiger partial charge in [-0.2, -0.15) is 10.2 Å². The van der Waals surface area contributed by atoms with Crippen molar-refractivity contribution >= 4 is 67.0 Å². The van der Waals surface area contributed by atoms with E-state index in [1.54, 1.807) is 14.2 Å². The minimum absolute atomic E-state index is 0.863. The van der Waals surface area contributed by atoms with Crippen LogP contribution < -0.4 is 9.47 Å². The van der Waals surface area contributed by atoms with Crippen molar-refractivity contribution in [3.05, 3.63) is 43.8 Å². The van der Waals surface area contributed by atoms with Crippen LogP contribution >= 0.6 is 45.2 Å². The summed E-state index contributed by atoms with van der Waals surface area (Å²) in [6.45, 7) is 0. The van der Waals surface area contributed by atoms with Crippen LogP contribution in [0.1, 0.15) is 0 Å². The van der Waals surface area contributed by atoms with Crippen LogP contribution in [-0.2, 0) is 7.05 Å². The predicted octanol–water partition coefficient (Wildman–Crippen LogP) is 4.36. The number of rotatable bonds is 2. The summed E-state index contributed by atoms with van der Waals surface area (Å²) >= 11 is 4.44. The fraction of sp³-hybridized carbons (Fsp3) is 0.176. The van der Waals surface area contributed by atoms with Crippen LogP contribution in [0.5, 0.6) is 11.5 Å². The van der Waals surface area contributed by atoms with Crippen LogP contribution in [0.15, 0.2) is 36.4 Å². The molecule has 0 saturated carbocycles. The van der Waals surface area contributed by atoms with Gasteiger partial charge in [-0.3, -0.25) is 9.78 Å². The number of halogens is 2. The lowest BCUT2D eigenvalue weighted by Gasteiger charge is -1.98. The maximum Gasteiger partial charge on any atom is 0.131 e. The molecule has 2 aromatic heterocycles.